The number of para-hydroxylation sites is 2. The van der Waals surface area contributed by atoms with E-state index in [4.69, 9.17) is 9.97 Å². The fourth-order valence-electron chi connectivity index (χ4n) is 8.65. The van der Waals surface area contributed by atoms with Gasteiger partial charge in [0, 0.05) is 6.42 Å². The monoisotopic (exact) mass is 1030 g/mol. The molecule has 0 bridgehead atoms. The summed E-state index contributed by atoms with van der Waals surface area (Å²) in [5.41, 5.74) is 18.3. The molecule has 0 fully saturated rings. The Labute approximate surface area is 400 Å². The molecule has 0 unspecified atom stereocenters. The number of carbonyl (C=O) groups excluding carboxylic acids is 1. The maximum Gasteiger partial charge on any atom is 3.00 e. The van der Waals surface area contributed by atoms with Crippen molar-refractivity contribution in [3.05, 3.63) is 235 Å². The van der Waals surface area contributed by atoms with E-state index in [0.29, 0.717) is 12.8 Å². The van der Waals surface area contributed by atoms with Gasteiger partial charge >= 0.3 is 20.1 Å². The van der Waals surface area contributed by atoms with Crippen LogP contribution >= 0.6 is 0 Å². The molecular formula is C61H44IrN3O. The van der Waals surface area contributed by atoms with Gasteiger partial charge in [0.25, 0.3) is 0 Å². The maximum atomic E-state index is 13.0. The quantitative estimate of drug-likeness (QED) is 0.0905. The average Bonchev–Trinajstić information content (AvgIpc) is 3.37. The molecule has 0 saturated carbocycles. The van der Waals surface area contributed by atoms with Crippen molar-refractivity contribution in [2.45, 2.75) is 19.8 Å². The number of benzene rings is 8. The number of pyridine rings is 2. The second kappa shape index (κ2) is 19.7. The van der Waals surface area contributed by atoms with Crippen LogP contribution in [0.3, 0.4) is 0 Å². The topological polar surface area (TPSA) is 57.0 Å². The molecule has 0 radical (unpaired) electrons. The Hall–Kier alpha value is -7.56. The molecule has 0 atom stereocenters. The first-order valence-corrected chi connectivity index (χ1v) is 22.0. The summed E-state index contributed by atoms with van der Waals surface area (Å²) < 4.78 is 0. The molecule has 0 amide bonds. The van der Waals surface area contributed by atoms with Gasteiger partial charge < -0.3 is 5.32 Å². The Morgan fingerprint density at radius 3 is 1.39 bits per heavy atom. The Kier molecular flexibility index (Phi) is 13.0. The summed E-state index contributed by atoms with van der Waals surface area (Å²) >= 11 is 0. The van der Waals surface area contributed by atoms with Gasteiger partial charge in [-0.25, -0.2) is 0 Å². The van der Waals surface area contributed by atoms with Crippen molar-refractivity contribution in [2.24, 2.45) is 0 Å². The van der Waals surface area contributed by atoms with E-state index in [1.54, 1.807) is 13.1 Å². The summed E-state index contributed by atoms with van der Waals surface area (Å²) in [5, 5.41) is 6.40. The maximum absolute atomic E-state index is 13.0. The molecule has 0 saturated heterocycles. The minimum absolute atomic E-state index is 0. The summed E-state index contributed by atoms with van der Waals surface area (Å²) in [6.07, 6.45) is 2.64. The number of rotatable bonds is 12. The number of ketones is 1. The van der Waals surface area contributed by atoms with E-state index in [1.807, 2.05) is 43.3 Å². The zero-order chi connectivity index (χ0) is 44.1. The Bertz CT molecular complexity index is 3210. The van der Waals surface area contributed by atoms with Crippen LogP contribution in [-0.4, -0.2) is 22.8 Å². The van der Waals surface area contributed by atoms with E-state index in [0.717, 1.165) is 111 Å². The van der Waals surface area contributed by atoms with Crippen LogP contribution in [0.4, 0.5) is 0 Å². The predicted octanol–water partition coefficient (Wildman–Crippen LogP) is 15.5. The van der Waals surface area contributed by atoms with Crippen LogP contribution in [-0.2, 0) is 31.3 Å². The molecule has 10 aromatic rings. The number of aromatic nitrogens is 2. The van der Waals surface area contributed by atoms with Gasteiger partial charge in [-0.2, -0.15) is 5.70 Å². The number of nitrogens with zero attached hydrogens (tertiary/aromatic N) is 3. The minimum Gasteiger partial charge on any atom is -0.690 e. The standard InChI is InChI=1S/C61H45N3O.Ir/c1-41(62-2)37-52(65)34-31-42-13-3-6-16-53(42)49-38-50(56-19-9-7-17-54(56)43-23-27-47(28-24-43)60-35-32-45-14-4-11-21-58(45)63-60)40-51(39-49)57-20-10-8-18-55(57)44-25-29-48(30-26-44)61-36-33-46-15-5-12-22-59(46)64-61;/h3-27,29,32-33,35-40H,31,34H2,1-2H3,(H,62,65);/q-2;+3/p-1. The number of hydrogen-bond acceptors (Lipinski definition) is 3. The SMILES string of the molecule is C[N-]/C(C)=C\C(=O)CCc1ccccc1-c1cc(-c2ccccc2-c2c[c-]c(-c3ccc4ccccc4n3)cc2)cc(-c2ccccc2-c2c[c-]c(-c3ccc4ccccc4n3)cc2)c1.[Ir+3]. The fourth-order valence-corrected chi connectivity index (χ4v) is 8.65. The number of carbonyl (C=O) groups is 1. The molecular weight excluding hydrogens is 983 g/mol. The Morgan fingerprint density at radius 2 is 0.924 bits per heavy atom. The van der Waals surface area contributed by atoms with Crippen LogP contribution < -0.4 is 0 Å². The van der Waals surface area contributed by atoms with Gasteiger partial charge in [0.1, 0.15) is 0 Å². The molecule has 0 aliphatic carbocycles. The van der Waals surface area contributed by atoms with Crippen LogP contribution in [0.1, 0.15) is 18.9 Å². The van der Waals surface area contributed by atoms with Gasteiger partial charge in [-0.3, -0.25) is 14.8 Å². The third-order valence-corrected chi connectivity index (χ3v) is 12.1. The van der Waals surface area contributed by atoms with Crippen LogP contribution in [0.25, 0.3) is 105 Å². The van der Waals surface area contributed by atoms with E-state index in [-0.39, 0.29) is 25.9 Å². The van der Waals surface area contributed by atoms with Gasteiger partial charge in [-0.05, 0) is 104 Å². The zero-order valence-corrected chi connectivity index (χ0v) is 39.0. The summed E-state index contributed by atoms with van der Waals surface area (Å²) in [5.74, 6) is 0.0682. The van der Waals surface area contributed by atoms with E-state index >= 15 is 0 Å². The molecule has 0 aliphatic heterocycles. The Morgan fingerprint density at radius 1 is 0.500 bits per heavy atom. The number of aryl methyl sites for hydroxylation is 1. The van der Waals surface area contributed by atoms with Crippen molar-refractivity contribution in [1.82, 2.24) is 9.97 Å². The smallest absolute Gasteiger partial charge is 0.690 e. The third-order valence-electron chi connectivity index (χ3n) is 12.1. The van der Waals surface area contributed by atoms with Gasteiger partial charge in [-0.1, -0.05) is 163 Å². The van der Waals surface area contributed by atoms with Crippen molar-refractivity contribution in [3.8, 4) is 78.1 Å². The molecule has 0 N–H and O–H groups in total. The minimum atomic E-state index is 0. The summed E-state index contributed by atoms with van der Waals surface area (Å²) in [6, 6.07) is 77.1. The molecule has 4 nitrogen and oxygen atoms in total. The summed E-state index contributed by atoms with van der Waals surface area (Å²) in [4.78, 5) is 22.9. The molecule has 0 spiro atoms. The predicted molar refractivity (Wildman–Crippen MR) is 269 cm³/mol. The Balaban J connectivity index is 0.00000548. The average molecular weight is 1030 g/mol. The van der Waals surface area contributed by atoms with Crippen molar-refractivity contribution in [3.63, 3.8) is 0 Å². The van der Waals surface area contributed by atoms with Crippen molar-refractivity contribution >= 4 is 27.6 Å². The zero-order valence-electron chi connectivity index (χ0n) is 36.6. The molecule has 10 rings (SSSR count). The van der Waals surface area contributed by atoms with Crippen LogP contribution in [0.2, 0.25) is 0 Å². The van der Waals surface area contributed by atoms with Crippen LogP contribution in [0, 0.1) is 12.1 Å². The molecule has 2 aromatic heterocycles. The van der Waals surface area contributed by atoms with Gasteiger partial charge in [0.05, 0.1) is 11.0 Å². The van der Waals surface area contributed by atoms with Crippen LogP contribution in [0.15, 0.2) is 212 Å². The van der Waals surface area contributed by atoms with Gasteiger partial charge in [0.2, 0.25) is 0 Å². The normalized spacial score (nSPS) is 11.3. The number of fused-ring (bicyclic) bond motifs is 2. The molecule has 0 aliphatic rings. The largest absolute Gasteiger partial charge is 3.00 e. The van der Waals surface area contributed by atoms with Gasteiger partial charge in [0.15, 0.2) is 5.78 Å². The first-order valence-electron chi connectivity index (χ1n) is 22.0. The summed E-state index contributed by atoms with van der Waals surface area (Å²) in [6.45, 7) is 1.86. The first-order chi connectivity index (χ1) is 32.0. The second-order valence-corrected chi connectivity index (χ2v) is 16.3. The summed E-state index contributed by atoms with van der Waals surface area (Å²) in [7, 11) is 1.71. The van der Waals surface area contributed by atoms with Crippen molar-refractivity contribution in [2.75, 3.05) is 7.05 Å². The van der Waals surface area contributed by atoms with E-state index in [2.05, 4.69) is 181 Å². The van der Waals surface area contributed by atoms with Gasteiger partial charge in [-0.15, -0.1) is 66.7 Å². The van der Waals surface area contributed by atoms with Crippen LogP contribution in [0.5, 0.6) is 0 Å². The molecule has 66 heavy (non-hydrogen) atoms. The van der Waals surface area contributed by atoms with E-state index < -0.39 is 0 Å². The van der Waals surface area contributed by atoms with Crippen molar-refractivity contribution < 1.29 is 24.9 Å². The molecule has 8 aromatic carbocycles. The number of hydrogen-bond donors (Lipinski definition) is 0. The first kappa shape index (κ1) is 43.7. The molecule has 5 heteroatoms. The molecule has 318 valence electrons. The van der Waals surface area contributed by atoms with E-state index in [1.165, 1.54) is 0 Å². The fraction of sp³-hybridized carbons (Fsp3) is 0.0656. The van der Waals surface area contributed by atoms with Crippen molar-refractivity contribution in [1.29, 1.82) is 0 Å². The second-order valence-electron chi connectivity index (χ2n) is 16.3. The van der Waals surface area contributed by atoms with E-state index in [9.17, 15) is 4.79 Å². The molecule has 2 heterocycles. The third kappa shape index (κ3) is 9.32. The number of allylic oxidation sites excluding steroid dienone is 2.